The molecule has 0 spiro atoms. The molecule has 28 heavy (non-hydrogen) atoms. The second kappa shape index (κ2) is 11.0. The molecule has 154 valence electrons. The van der Waals surface area contributed by atoms with Gasteiger partial charge in [-0.3, -0.25) is 14.5 Å². The molecule has 1 aliphatic heterocycles. The number of para-hydroxylation sites is 1. The summed E-state index contributed by atoms with van der Waals surface area (Å²) >= 11 is 0. The predicted molar refractivity (Wildman–Crippen MR) is 103 cm³/mol. The molecule has 0 bridgehead atoms. The molecule has 2 atom stereocenters. The van der Waals surface area contributed by atoms with E-state index in [-0.39, 0.29) is 11.8 Å². The van der Waals surface area contributed by atoms with Gasteiger partial charge in [-0.1, -0.05) is 38.5 Å². The summed E-state index contributed by atoms with van der Waals surface area (Å²) in [5, 5.41) is 17.7. The van der Waals surface area contributed by atoms with Crippen molar-refractivity contribution >= 4 is 29.4 Å². The minimum atomic E-state index is -1.82. The van der Waals surface area contributed by atoms with Gasteiger partial charge in [-0.2, -0.15) is 0 Å². The largest absolute Gasteiger partial charge is 0.473 e. The molecule has 9 nitrogen and oxygen atoms in total. The topological polar surface area (TPSA) is 150 Å². The van der Waals surface area contributed by atoms with E-state index in [1.54, 1.807) is 4.90 Å². The summed E-state index contributed by atoms with van der Waals surface area (Å²) < 4.78 is 0. The Morgan fingerprint density at radius 3 is 2.32 bits per heavy atom. The average Bonchev–Trinajstić information content (AvgIpc) is 3.06. The van der Waals surface area contributed by atoms with Crippen LogP contribution in [0.3, 0.4) is 0 Å². The third kappa shape index (κ3) is 6.05. The lowest BCUT2D eigenvalue weighted by Crippen LogP contribution is -2.53. The van der Waals surface area contributed by atoms with E-state index in [1.807, 2.05) is 31.2 Å². The van der Waals surface area contributed by atoms with Crippen LogP contribution in [0.5, 0.6) is 0 Å². The molecule has 2 rings (SSSR count). The first-order valence-corrected chi connectivity index (χ1v) is 9.14. The highest BCUT2D eigenvalue weighted by atomic mass is 16.4. The fourth-order valence-electron chi connectivity index (χ4n) is 2.73. The van der Waals surface area contributed by atoms with Crippen LogP contribution in [0.25, 0.3) is 0 Å². The SMILES string of the molecule is CCCCNC(=O)[C@@H]1Cc2ccccc2N1C(=O)C(N)CC.O=C(O)C(=O)O. The average molecular weight is 393 g/mol. The summed E-state index contributed by atoms with van der Waals surface area (Å²) in [6.45, 7) is 4.60. The van der Waals surface area contributed by atoms with Gasteiger partial charge >= 0.3 is 11.9 Å². The number of carboxylic acid groups (broad SMARTS) is 2. The van der Waals surface area contributed by atoms with Gasteiger partial charge in [0.25, 0.3) is 0 Å². The van der Waals surface area contributed by atoms with Gasteiger partial charge in [-0.15, -0.1) is 0 Å². The van der Waals surface area contributed by atoms with E-state index in [0.29, 0.717) is 19.4 Å². The zero-order valence-corrected chi connectivity index (χ0v) is 16.1. The fraction of sp³-hybridized carbons (Fsp3) is 0.474. The Morgan fingerprint density at radius 2 is 1.79 bits per heavy atom. The van der Waals surface area contributed by atoms with Crippen LogP contribution in [0.1, 0.15) is 38.7 Å². The molecule has 2 amide bonds. The number of nitrogens with zero attached hydrogens (tertiary/aromatic N) is 1. The number of anilines is 1. The van der Waals surface area contributed by atoms with Crippen molar-refractivity contribution < 1.29 is 29.4 Å². The number of carbonyl (C=O) groups is 4. The molecule has 0 fully saturated rings. The molecule has 1 unspecified atom stereocenters. The zero-order valence-electron chi connectivity index (χ0n) is 16.1. The van der Waals surface area contributed by atoms with Crippen LogP contribution in [0.15, 0.2) is 24.3 Å². The highest BCUT2D eigenvalue weighted by Gasteiger charge is 2.39. The Balaban J connectivity index is 0.000000568. The van der Waals surface area contributed by atoms with Crippen molar-refractivity contribution in [3.8, 4) is 0 Å². The van der Waals surface area contributed by atoms with E-state index in [4.69, 9.17) is 25.5 Å². The van der Waals surface area contributed by atoms with Crippen LogP contribution in [0, 0.1) is 0 Å². The number of carbonyl (C=O) groups excluding carboxylic acids is 2. The first-order valence-electron chi connectivity index (χ1n) is 9.14. The summed E-state index contributed by atoms with van der Waals surface area (Å²) in [6, 6.07) is 6.60. The molecular weight excluding hydrogens is 366 g/mol. The van der Waals surface area contributed by atoms with Gasteiger partial charge in [0.15, 0.2) is 0 Å². The number of nitrogens with two attached hydrogens (primary N) is 1. The summed E-state index contributed by atoms with van der Waals surface area (Å²) in [6.07, 6.45) is 3.07. The van der Waals surface area contributed by atoms with Crippen molar-refractivity contribution in [2.24, 2.45) is 5.73 Å². The van der Waals surface area contributed by atoms with Crippen LogP contribution >= 0.6 is 0 Å². The van der Waals surface area contributed by atoms with Crippen molar-refractivity contribution in [2.75, 3.05) is 11.4 Å². The lowest BCUT2D eigenvalue weighted by atomic mass is 10.1. The fourth-order valence-corrected chi connectivity index (χ4v) is 2.73. The summed E-state index contributed by atoms with van der Waals surface area (Å²) in [5.74, 6) is -3.92. The van der Waals surface area contributed by atoms with Gasteiger partial charge in [-0.05, 0) is 24.5 Å². The van der Waals surface area contributed by atoms with Crippen LogP contribution in [-0.2, 0) is 25.6 Å². The Bertz CT molecular complexity index is 709. The van der Waals surface area contributed by atoms with Crippen molar-refractivity contribution in [2.45, 2.75) is 51.6 Å². The number of fused-ring (bicyclic) bond motifs is 1. The smallest absolute Gasteiger partial charge is 0.414 e. The molecule has 0 saturated heterocycles. The minimum absolute atomic E-state index is 0.0960. The minimum Gasteiger partial charge on any atom is -0.473 e. The highest BCUT2D eigenvalue weighted by molar-refractivity contribution is 6.27. The molecule has 9 heteroatoms. The highest BCUT2D eigenvalue weighted by Crippen LogP contribution is 2.32. The number of nitrogens with one attached hydrogen (secondary N) is 1. The maximum absolute atomic E-state index is 12.6. The quantitative estimate of drug-likeness (QED) is 0.411. The van der Waals surface area contributed by atoms with Gasteiger partial charge in [0.2, 0.25) is 11.8 Å². The monoisotopic (exact) mass is 393 g/mol. The van der Waals surface area contributed by atoms with E-state index in [0.717, 1.165) is 24.1 Å². The molecule has 1 aromatic carbocycles. The lowest BCUT2D eigenvalue weighted by Gasteiger charge is -2.27. The number of rotatable bonds is 6. The Hall–Kier alpha value is -2.94. The molecular formula is C19H27N3O6. The Kier molecular flexibility index (Phi) is 9.10. The van der Waals surface area contributed by atoms with E-state index in [2.05, 4.69) is 12.2 Å². The molecule has 1 heterocycles. The van der Waals surface area contributed by atoms with E-state index >= 15 is 0 Å². The third-order valence-electron chi connectivity index (χ3n) is 4.29. The van der Waals surface area contributed by atoms with Crippen molar-refractivity contribution in [1.29, 1.82) is 0 Å². The van der Waals surface area contributed by atoms with Gasteiger partial charge in [0.05, 0.1) is 6.04 Å². The van der Waals surface area contributed by atoms with E-state index < -0.39 is 24.0 Å². The van der Waals surface area contributed by atoms with Gasteiger partial charge < -0.3 is 21.3 Å². The molecule has 1 aromatic rings. The molecule has 5 N–H and O–H groups in total. The number of hydrogen-bond donors (Lipinski definition) is 4. The molecule has 1 aliphatic rings. The molecule has 0 saturated carbocycles. The summed E-state index contributed by atoms with van der Waals surface area (Å²) in [5.41, 5.74) is 7.75. The van der Waals surface area contributed by atoms with E-state index in [9.17, 15) is 9.59 Å². The normalized spacial score (nSPS) is 15.7. The number of unbranched alkanes of at least 4 members (excludes halogenated alkanes) is 1. The van der Waals surface area contributed by atoms with Crippen LogP contribution in [-0.4, -0.2) is 52.6 Å². The molecule has 0 aliphatic carbocycles. The predicted octanol–water partition coefficient (Wildman–Crippen LogP) is 0.754. The standard InChI is InChI=1S/C17H25N3O2.C2H2O4/c1-3-5-10-19-16(21)15-11-12-8-6-7-9-14(12)20(15)17(22)13(18)4-2;3-1(4)2(5)6/h6-9,13,15H,3-5,10-11,18H2,1-2H3,(H,19,21);(H,3,4)(H,5,6)/t13?,15-;/m0./s1. The Labute approximate surface area is 163 Å². The van der Waals surface area contributed by atoms with Crippen molar-refractivity contribution in [3.63, 3.8) is 0 Å². The maximum Gasteiger partial charge on any atom is 0.414 e. The lowest BCUT2D eigenvalue weighted by molar-refractivity contribution is -0.159. The number of carboxylic acids is 2. The van der Waals surface area contributed by atoms with Gasteiger partial charge in [0, 0.05) is 18.7 Å². The van der Waals surface area contributed by atoms with Crippen molar-refractivity contribution in [1.82, 2.24) is 5.32 Å². The first-order chi connectivity index (χ1) is 13.2. The summed E-state index contributed by atoms with van der Waals surface area (Å²) in [7, 11) is 0. The maximum atomic E-state index is 12.6. The Morgan fingerprint density at radius 1 is 1.18 bits per heavy atom. The van der Waals surface area contributed by atoms with Crippen LogP contribution in [0.2, 0.25) is 0 Å². The number of aliphatic carboxylic acids is 2. The van der Waals surface area contributed by atoms with Gasteiger partial charge in [0.1, 0.15) is 6.04 Å². The van der Waals surface area contributed by atoms with Gasteiger partial charge in [-0.25, -0.2) is 9.59 Å². The zero-order chi connectivity index (χ0) is 21.3. The molecule has 0 radical (unpaired) electrons. The first kappa shape index (κ1) is 23.1. The molecule has 0 aromatic heterocycles. The number of amides is 2. The number of hydrogen-bond acceptors (Lipinski definition) is 5. The van der Waals surface area contributed by atoms with E-state index in [1.165, 1.54) is 0 Å². The van der Waals surface area contributed by atoms with Crippen molar-refractivity contribution in [3.05, 3.63) is 29.8 Å². The van der Waals surface area contributed by atoms with Crippen LogP contribution < -0.4 is 16.0 Å². The summed E-state index contributed by atoms with van der Waals surface area (Å²) in [4.78, 5) is 44.9. The van der Waals surface area contributed by atoms with Crippen LogP contribution in [0.4, 0.5) is 5.69 Å². The second-order valence-electron chi connectivity index (χ2n) is 6.33. The second-order valence-corrected chi connectivity index (χ2v) is 6.33. The number of benzene rings is 1. The third-order valence-corrected chi connectivity index (χ3v) is 4.29.